The molecular weight excluding hydrogens is 306 g/mol. The average Bonchev–Trinajstić information content (AvgIpc) is 3.00. The van der Waals surface area contributed by atoms with Crippen molar-refractivity contribution in [3.63, 3.8) is 0 Å². The highest BCUT2D eigenvalue weighted by molar-refractivity contribution is 8.00. The van der Waals surface area contributed by atoms with Gasteiger partial charge in [-0.1, -0.05) is 12.1 Å². The summed E-state index contributed by atoms with van der Waals surface area (Å²) in [6.07, 6.45) is 0. The summed E-state index contributed by atoms with van der Waals surface area (Å²) >= 11 is 2.78. The van der Waals surface area contributed by atoms with E-state index in [1.54, 1.807) is 13.0 Å². The van der Waals surface area contributed by atoms with Crippen molar-refractivity contribution < 1.29 is 14.3 Å². The molecule has 1 aromatic carbocycles. The fraction of sp³-hybridized carbons (Fsp3) is 0.200. The van der Waals surface area contributed by atoms with E-state index >= 15 is 0 Å². The number of thioether (sulfide) groups is 1. The molecule has 21 heavy (non-hydrogen) atoms. The number of hydrogen-bond acceptors (Lipinski definition) is 5. The molecule has 0 saturated heterocycles. The molecule has 0 unspecified atom stereocenters. The number of rotatable bonds is 6. The van der Waals surface area contributed by atoms with Crippen LogP contribution in [-0.2, 0) is 9.53 Å². The molecule has 0 aliphatic rings. The lowest BCUT2D eigenvalue weighted by atomic mass is 10.3. The smallest absolute Gasteiger partial charge is 0.316 e. The molecule has 1 heterocycles. The molecule has 0 saturated carbocycles. The standard InChI is InChI=1S/C15H15NO3S2/c1-2-19-14(17)10-21-12-6-3-5-11(9-12)16-15(18)13-7-4-8-20-13/h3-9H,2,10H2,1H3,(H,16,18). The monoisotopic (exact) mass is 321 g/mol. The second-order valence-corrected chi connectivity index (χ2v) is 6.05. The second-order valence-electron chi connectivity index (χ2n) is 4.05. The van der Waals surface area contributed by atoms with E-state index in [0.717, 1.165) is 4.90 Å². The molecule has 0 atom stereocenters. The van der Waals surface area contributed by atoms with E-state index in [-0.39, 0.29) is 17.6 Å². The first-order chi connectivity index (χ1) is 10.2. The van der Waals surface area contributed by atoms with Crippen LogP contribution in [-0.4, -0.2) is 24.2 Å². The Bertz CT molecular complexity index is 611. The number of hydrogen-bond donors (Lipinski definition) is 1. The number of esters is 1. The van der Waals surface area contributed by atoms with E-state index < -0.39 is 0 Å². The molecule has 0 aliphatic heterocycles. The lowest BCUT2D eigenvalue weighted by Gasteiger charge is -2.06. The molecule has 1 N–H and O–H groups in total. The zero-order valence-corrected chi connectivity index (χ0v) is 13.1. The Hall–Kier alpha value is -1.79. The number of thiophene rings is 1. The summed E-state index contributed by atoms with van der Waals surface area (Å²) in [5, 5.41) is 4.70. The predicted molar refractivity (Wildman–Crippen MR) is 86.1 cm³/mol. The topological polar surface area (TPSA) is 55.4 Å². The third-order valence-electron chi connectivity index (χ3n) is 2.50. The van der Waals surface area contributed by atoms with Crippen LogP contribution in [0, 0.1) is 0 Å². The minimum absolute atomic E-state index is 0.127. The molecule has 0 aliphatic carbocycles. The fourth-order valence-electron chi connectivity index (χ4n) is 1.61. The van der Waals surface area contributed by atoms with Gasteiger partial charge in [0.1, 0.15) is 0 Å². The van der Waals surface area contributed by atoms with Crippen LogP contribution < -0.4 is 5.32 Å². The van der Waals surface area contributed by atoms with Crippen LogP contribution in [0.15, 0.2) is 46.7 Å². The van der Waals surface area contributed by atoms with Gasteiger partial charge < -0.3 is 10.1 Å². The number of carbonyl (C=O) groups excluding carboxylic acids is 2. The van der Waals surface area contributed by atoms with Crippen molar-refractivity contribution in [1.29, 1.82) is 0 Å². The van der Waals surface area contributed by atoms with E-state index in [4.69, 9.17) is 4.74 Å². The molecule has 0 spiro atoms. The van der Waals surface area contributed by atoms with Crippen LogP contribution in [0.4, 0.5) is 5.69 Å². The van der Waals surface area contributed by atoms with Crippen molar-refractivity contribution >= 4 is 40.7 Å². The first kappa shape index (κ1) is 15.6. The number of amides is 1. The molecule has 0 radical (unpaired) electrons. The van der Waals surface area contributed by atoms with Crippen molar-refractivity contribution in [3.8, 4) is 0 Å². The number of anilines is 1. The van der Waals surface area contributed by atoms with Crippen molar-refractivity contribution in [1.82, 2.24) is 0 Å². The van der Waals surface area contributed by atoms with E-state index in [0.29, 0.717) is 17.2 Å². The quantitative estimate of drug-likeness (QED) is 0.652. The van der Waals surface area contributed by atoms with Crippen molar-refractivity contribution in [2.45, 2.75) is 11.8 Å². The van der Waals surface area contributed by atoms with Gasteiger partial charge in [-0.3, -0.25) is 9.59 Å². The minimum Gasteiger partial charge on any atom is -0.465 e. The maximum absolute atomic E-state index is 12.0. The second kappa shape index (κ2) is 7.85. The summed E-state index contributed by atoms with van der Waals surface area (Å²) in [6, 6.07) is 11.0. The first-order valence-electron chi connectivity index (χ1n) is 6.42. The van der Waals surface area contributed by atoms with Crippen LogP contribution >= 0.6 is 23.1 Å². The number of nitrogens with one attached hydrogen (secondary N) is 1. The third kappa shape index (κ3) is 4.91. The summed E-state index contributed by atoms with van der Waals surface area (Å²) in [5.41, 5.74) is 0.710. The van der Waals surface area contributed by atoms with Gasteiger partial charge in [0, 0.05) is 10.6 Å². The van der Waals surface area contributed by atoms with E-state index in [9.17, 15) is 9.59 Å². The van der Waals surface area contributed by atoms with Gasteiger partial charge in [0.25, 0.3) is 5.91 Å². The molecule has 0 bridgehead atoms. The molecule has 1 aromatic heterocycles. The van der Waals surface area contributed by atoms with Gasteiger partial charge in [-0.15, -0.1) is 23.1 Å². The summed E-state index contributed by atoms with van der Waals surface area (Å²) in [7, 11) is 0. The summed E-state index contributed by atoms with van der Waals surface area (Å²) < 4.78 is 4.88. The Morgan fingerprint density at radius 3 is 2.86 bits per heavy atom. The highest BCUT2D eigenvalue weighted by atomic mass is 32.2. The lowest BCUT2D eigenvalue weighted by Crippen LogP contribution is -2.10. The van der Waals surface area contributed by atoms with Gasteiger partial charge in [0.15, 0.2) is 0 Å². The highest BCUT2D eigenvalue weighted by Crippen LogP contribution is 2.22. The molecular formula is C15H15NO3S2. The van der Waals surface area contributed by atoms with Crippen LogP contribution in [0.5, 0.6) is 0 Å². The van der Waals surface area contributed by atoms with Crippen molar-refractivity contribution in [3.05, 3.63) is 46.7 Å². The highest BCUT2D eigenvalue weighted by Gasteiger charge is 2.08. The van der Waals surface area contributed by atoms with Crippen LogP contribution in [0.3, 0.4) is 0 Å². The first-order valence-corrected chi connectivity index (χ1v) is 8.29. The van der Waals surface area contributed by atoms with Crippen molar-refractivity contribution in [2.75, 3.05) is 17.7 Å². The Kier molecular flexibility index (Phi) is 5.83. The largest absolute Gasteiger partial charge is 0.465 e. The van der Waals surface area contributed by atoms with Gasteiger partial charge in [-0.05, 0) is 36.6 Å². The Labute approximate surface area is 131 Å². The van der Waals surface area contributed by atoms with E-state index in [1.807, 2.05) is 35.7 Å². The minimum atomic E-state index is -0.240. The number of carbonyl (C=O) groups is 2. The zero-order chi connectivity index (χ0) is 15.1. The average molecular weight is 321 g/mol. The van der Waals surface area contributed by atoms with Gasteiger partial charge in [0.05, 0.1) is 17.2 Å². The summed E-state index contributed by atoms with van der Waals surface area (Å²) in [5.74, 6) is -0.107. The maximum Gasteiger partial charge on any atom is 0.316 e. The SMILES string of the molecule is CCOC(=O)CSc1cccc(NC(=O)c2cccs2)c1. The molecule has 4 nitrogen and oxygen atoms in total. The Morgan fingerprint density at radius 1 is 1.29 bits per heavy atom. The molecule has 6 heteroatoms. The third-order valence-corrected chi connectivity index (χ3v) is 4.33. The van der Waals surface area contributed by atoms with E-state index in [2.05, 4.69) is 5.32 Å². The van der Waals surface area contributed by atoms with Crippen molar-refractivity contribution in [2.24, 2.45) is 0 Å². The Morgan fingerprint density at radius 2 is 2.14 bits per heavy atom. The molecule has 2 rings (SSSR count). The Balaban J connectivity index is 1.94. The molecule has 0 fully saturated rings. The number of benzene rings is 1. The molecule has 1 amide bonds. The molecule has 110 valence electrons. The van der Waals surface area contributed by atoms with Gasteiger partial charge in [-0.25, -0.2) is 0 Å². The van der Waals surface area contributed by atoms with Crippen LogP contribution in [0.25, 0.3) is 0 Å². The fourth-order valence-corrected chi connectivity index (χ4v) is 2.98. The lowest BCUT2D eigenvalue weighted by molar-refractivity contribution is -0.139. The van der Waals surface area contributed by atoms with Gasteiger partial charge in [0.2, 0.25) is 0 Å². The zero-order valence-electron chi connectivity index (χ0n) is 11.5. The van der Waals surface area contributed by atoms with Crippen LogP contribution in [0.2, 0.25) is 0 Å². The predicted octanol–water partition coefficient (Wildman–Crippen LogP) is 3.66. The molecule has 2 aromatic rings. The summed E-state index contributed by atoms with van der Waals surface area (Å²) in [4.78, 5) is 24.9. The summed E-state index contributed by atoms with van der Waals surface area (Å²) in [6.45, 7) is 2.17. The normalized spacial score (nSPS) is 10.1. The maximum atomic E-state index is 12.0. The number of ether oxygens (including phenoxy) is 1. The van der Waals surface area contributed by atoms with E-state index in [1.165, 1.54) is 23.1 Å². The van der Waals surface area contributed by atoms with Crippen LogP contribution in [0.1, 0.15) is 16.6 Å². The van der Waals surface area contributed by atoms with Gasteiger partial charge in [-0.2, -0.15) is 0 Å². The van der Waals surface area contributed by atoms with Gasteiger partial charge >= 0.3 is 5.97 Å².